The van der Waals surface area contributed by atoms with Gasteiger partial charge in [-0.15, -0.1) is 0 Å². The van der Waals surface area contributed by atoms with E-state index in [4.69, 9.17) is 0 Å². The molecule has 0 aromatic heterocycles. The monoisotopic (exact) mass is 249 g/mol. The van der Waals surface area contributed by atoms with Crippen LogP contribution >= 0.6 is 0 Å². The number of hydrogen-bond acceptors (Lipinski definition) is 2. The predicted octanol–water partition coefficient (Wildman–Crippen LogP) is 3.65. The van der Waals surface area contributed by atoms with Gasteiger partial charge in [0.2, 0.25) is 0 Å². The number of rotatable bonds is 7. The zero-order valence-corrected chi connectivity index (χ0v) is 12.2. The van der Waals surface area contributed by atoms with Crippen LogP contribution in [0.1, 0.15) is 45.1 Å². The van der Waals surface area contributed by atoms with Crippen LogP contribution in [0.2, 0.25) is 0 Å². The third kappa shape index (κ3) is 4.02. The summed E-state index contributed by atoms with van der Waals surface area (Å²) >= 11 is 0. The molecule has 2 unspecified atom stereocenters. The van der Waals surface area contributed by atoms with Gasteiger partial charge in [-0.2, -0.15) is 0 Å². The highest BCUT2D eigenvalue weighted by Gasteiger charge is 2.10. The van der Waals surface area contributed by atoms with Crippen molar-refractivity contribution in [2.75, 3.05) is 25.1 Å². The standard InChI is InChI=1S/C16H27NO/c1-5-13(3)15-7-9-16(10-8-15)17(4)11-14(6-2)12-18/h7-10,13-14,18H,5-6,11-12H2,1-4H3. The van der Waals surface area contributed by atoms with Crippen molar-refractivity contribution >= 4 is 5.69 Å². The third-order valence-corrected chi connectivity index (χ3v) is 3.88. The van der Waals surface area contributed by atoms with E-state index < -0.39 is 0 Å². The zero-order chi connectivity index (χ0) is 13.5. The normalized spacial score (nSPS) is 14.3. The molecule has 1 rings (SSSR count). The summed E-state index contributed by atoms with van der Waals surface area (Å²) in [6.07, 6.45) is 2.20. The van der Waals surface area contributed by atoms with E-state index in [-0.39, 0.29) is 6.61 Å². The molecule has 1 aromatic carbocycles. The third-order valence-electron chi connectivity index (χ3n) is 3.88. The van der Waals surface area contributed by atoms with Crippen molar-refractivity contribution in [1.82, 2.24) is 0 Å². The Morgan fingerprint density at radius 1 is 1.11 bits per heavy atom. The molecular formula is C16H27NO. The highest BCUT2D eigenvalue weighted by atomic mass is 16.3. The number of anilines is 1. The van der Waals surface area contributed by atoms with Crippen molar-refractivity contribution < 1.29 is 5.11 Å². The molecule has 0 fully saturated rings. The largest absolute Gasteiger partial charge is 0.396 e. The Hall–Kier alpha value is -1.02. The second-order valence-electron chi connectivity index (χ2n) is 5.24. The van der Waals surface area contributed by atoms with Crippen molar-refractivity contribution in [2.45, 2.75) is 39.5 Å². The van der Waals surface area contributed by atoms with E-state index in [2.05, 4.69) is 57.0 Å². The molecule has 0 aliphatic heterocycles. The lowest BCUT2D eigenvalue weighted by Crippen LogP contribution is -2.27. The summed E-state index contributed by atoms with van der Waals surface area (Å²) in [5, 5.41) is 9.24. The Balaban J connectivity index is 2.66. The van der Waals surface area contributed by atoms with Crippen molar-refractivity contribution in [3.8, 4) is 0 Å². The molecule has 2 atom stereocenters. The first-order chi connectivity index (χ1) is 8.62. The first-order valence-corrected chi connectivity index (χ1v) is 7.04. The summed E-state index contributed by atoms with van der Waals surface area (Å²) in [5.41, 5.74) is 2.64. The molecule has 0 aliphatic rings. The minimum atomic E-state index is 0.270. The molecule has 0 heterocycles. The molecule has 18 heavy (non-hydrogen) atoms. The lowest BCUT2D eigenvalue weighted by molar-refractivity contribution is 0.225. The van der Waals surface area contributed by atoms with Crippen LogP contribution in [0.25, 0.3) is 0 Å². The van der Waals surface area contributed by atoms with Crippen LogP contribution < -0.4 is 4.90 Å². The molecule has 0 spiro atoms. The van der Waals surface area contributed by atoms with Gasteiger partial charge in [0.25, 0.3) is 0 Å². The molecule has 0 saturated carbocycles. The Morgan fingerprint density at radius 2 is 1.72 bits per heavy atom. The summed E-state index contributed by atoms with van der Waals surface area (Å²) in [6.45, 7) is 7.79. The molecule has 1 N–H and O–H groups in total. The van der Waals surface area contributed by atoms with E-state index in [0.717, 1.165) is 13.0 Å². The smallest absolute Gasteiger partial charge is 0.0476 e. The van der Waals surface area contributed by atoms with Crippen LogP contribution in [0.4, 0.5) is 5.69 Å². The Bertz CT molecular complexity index is 329. The summed E-state index contributed by atoms with van der Waals surface area (Å²) in [5.74, 6) is 0.995. The first kappa shape index (κ1) is 15.0. The molecule has 102 valence electrons. The van der Waals surface area contributed by atoms with E-state index in [1.807, 2.05) is 0 Å². The van der Waals surface area contributed by atoms with Gasteiger partial charge in [-0.25, -0.2) is 0 Å². The maximum Gasteiger partial charge on any atom is 0.0476 e. The fourth-order valence-corrected chi connectivity index (χ4v) is 2.10. The zero-order valence-electron chi connectivity index (χ0n) is 12.2. The summed E-state index contributed by atoms with van der Waals surface area (Å²) in [4.78, 5) is 2.23. The van der Waals surface area contributed by atoms with Crippen LogP contribution in [0.15, 0.2) is 24.3 Å². The van der Waals surface area contributed by atoms with Gasteiger partial charge in [-0.3, -0.25) is 0 Å². The maximum atomic E-state index is 9.24. The number of benzene rings is 1. The highest BCUT2D eigenvalue weighted by molar-refractivity contribution is 5.47. The highest BCUT2D eigenvalue weighted by Crippen LogP contribution is 2.22. The van der Waals surface area contributed by atoms with Crippen molar-refractivity contribution in [1.29, 1.82) is 0 Å². The van der Waals surface area contributed by atoms with Crippen LogP contribution in [-0.4, -0.2) is 25.3 Å². The number of aliphatic hydroxyl groups is 1. The van der Waals surface area contributed by atoms with Gasteiger partial charge in [0.1, 0.15) is 0 Å². The second kappa shape index (κ2) is 7.42. The van der Waals surface area contributed by atoms with Crippen molar-refractivity contribution in [3.05, 3.63) is 29.8 Å². The van der Waals surface area contributed by atoms with Gasteiger partial charge in [-0.1, -0.05) is 32.9 Å². The Kier molecular flexibility index (Phi) is 6.20. The molecule has 0 saturated heterocycles. The predicted molar refractivity (Wildman–Crippen MR) is 79.3 cm³/mol. The SMILES string of the molecule is CCC(CO)CN(C)c1ccc(C(C)CC)cc1. The lowest BCUT2D eigenvalue weighted by atomic mass is 9.98. The molecule has 0 aliphatic carbocycles. The molecule has 0 bridgehead atoms. The average Bonchev–Trinajstić information content (AvgIpc) is 2.43. The maximum absolute atomic E-state index is 9.24. The van der Waals surface area contributed by atoms with E-state index in [9.17, 15) is 5.11 Å². The number of nitrogens with zero attached hydrogens (tertiary/aromatic N) is 1. The average molecular weight is 249 g/mol. The quantitative estimate of drug-likeness (QED) is 0.797. The van der Waals surface area contributed by atoms with Gasteiger partial charge >= 0.3 is 0 Å². The number of aliphatic hydroxyl groups excluding tert-OH is 1. The van der Waals surface area contributed by atoms with E-state index in [0.29, 0.717) is 11.8 Å². The Morgan fingerprint density at radius 3 is 2.17 bits per heavy atom. The van der Waals surface area contributed by atoms with Gasteiger partial charge < -0.3 is 10.0 Å². The van der Waals surface area contributed by atoms with E-state index in [1.54, 1.807) is 0 Å². The van der Waals surface area contributed by atoms with Gasteiger partial charge in [0.05, 0.1) is 0 Å². The summed E-state index contributed by atoms with van der Waals surface area (Å²) < 4.78 is 0. The van der Waals surface area contributed by atoms with Crippen molar-refractivity contribution in [3.63, 3.8) is 0 Å². The van der Waals surface area contributed by atoms with Gasteiger partial charge in [-0.05, 0) is 42.4 Å². The molecule has 2 heteroatoms. The van der Waals surface area contributed by atoms with Crippen molar-refractivity contribution in [2.24, 2.45) is 5.92 Å². The van der Waals surface area contributed by atoms with E-state index >= 15 is 0 Å². The molecule has 2 nitrogen and oxygen atoms in total. The molecule has 0 radical (unpaired) electrons. The van der Waals surface area contributed by atoms with Crippen LogP contribution in [-0.2, 0) is 0 Å². The Labute approximate surface area is 112 Å². The van der Waals surface area contributed by atoms with Crippen LogP contribution in [0.3, 0.4) is 0 Å². The molecular weight excluding hydrogens is 222 g/mol. The molecule has 1 aromatic rings. The van der Waals surface area contributed by atoms with E-state index in [1.165, 1.54) is 17.7 Å². The minimum absolute atomic E-state index is 0.270. The fraction of sp³-hybridized carbons (Fsp3) is 0.625. The van der Waals surface area contributed by atoms with Crippen LogP contribution in [0, 0.1) is 5.92 Å². The molecule has 0 amide bonds. The number of hydrogen-bond donors (Lipinski definition) is 1. The topological polar surface area (TPSA) is 23.5 Å². The van der Waals surface area contributed by atoms with Gasteiger partial charge in [0.15, 0.2) is 0 Å². The summed E-state index contributed by atoms with van der Waals surface area (Å²) in [6, 6.07) is 8.82. The lowest BCUT2D eigenvalue weighted by Gasteiger charge is -2.24. The first-order valence-electron chi connectivity index (χ1n) is 7.04. The second-order valence-corrected chi connectivity index (χ2v) is 5.24. The minimum Gasteiger partial charge on any atom is -0.396 e. The fourth-order valence-electron chi connectivity index (χ4n) is 2.10. The summed E-state index contributed by atoms with van der Waals surface area (Å²) in [7, 11) is 2.09. The van der Waals surface area contributed by atoms with Crippen LogP contribution in [0.5, 0.6) is 0 Å². The van der Waals surface area contributed by atoms with Gasteiger partial charge in [0, 0.05) is 25.9 Å².